The third-order valence-electron chi connectivity index (χ3n) is 3.83. The Morgan fingerprint density at radius 1 is 1.35 bits per heavy atom. The van der Waals surface area contributed by atoms with E-state index in [4.69, 9.17) is 0 Å². The minimum Gasteiger partial charge on any atom is -0.317 e. The maximum Gasteiger partial charge on any atom is 0.234 e. The van der Waals surface area contributed by atoms with Crippen molar-refractivity contribution in [2.24, 2.45) is 5.92 Å². The summed E-state index contributed by atoms with van der Waals surface area (Å²) in [6, 6.07) is 5.66. The minimum atomic E-state index is -3.38. The number of benzene rings is 1. The van der Waals surface area contributed by atoms with Crippen molar-refractivity contribution in [1.82, 2.24) is 5.32 Å². The second-order valence-electron chi connectivity index (χ2n) is 5.25. The summed E-state index contributed by atoms with van der Waals surface area (Å²) in [4.78, 5) is 0. The van der Waals surface area contributed by atoms with E-state index in [0.29, 0.717) is 18.0 Å². The Morgan fingerprint density at radius 3 is 2.70 bits per heavy atom. The van der Waals surface area contributed by atoms with E-state index in [9.17, 15) is 12.8 Å². The van der Waals surface area contributed by atoms with Crippen molar-refractivity contribution >= 4 is 15.7 Å². The molecule has 0 aliphatic carbocycles. The van der Waals surface area contributed by atoms with Gasteiger partial charge >= 0.3 is 0 Å². The first-order valence-corrected chi connectivity index (χ1v) is 8.53. The zero-order chi connectivity index (χ0) is 14.6. The molecule has 112 valence electrons. The number of nitrogens with zero attached hydrogens (tertiary/aromatic N) is 1. The normalized spacial score (nSPS) is 17.1. The number of nitrogens with one attached hydrogen (secondary N) is 1. The van der Waals surface area contributed by atoms with E-state index in [2.05, 4.69) is 5.32 Å². The lowest BCUT2D eigenvalue weighted by Gasteiger charge is -2.24. The first kappa shape index (κ1) is 15.3. The van der Waals surface area contributed by atoms with E-state index in [1.165, 1.54) is 29.6 Å². The van der Waals surface area contributed by atoms with E-state index in [1.54, 1.807) is 6.07 Å². The highest BCUT2D eigenvalue weighted by Crippen LogP contribution is 2.21. The van der Waals surface area contributed by atoms with Gasteiger partial charge < -0.3 is 5.32 Å². The van der Waals surface area contributed by atoms with E-state index >= 15 is 0 Å². The molecule has 0 amide bonds. The van der Waals surface area contributed by atoms with Crippen LogP contribution in [-0.2, 0) is 10.0 Å². The third-order valence-corrected chi connectivity index (χ3v) is 5.63. The molecule has 0 atom stereocenters. The average Bonchev–Trinajstić information content (AvgIpc) is 2.45. The first-order valence-electron chi connectivity index (χ1n) is 6.92. The number of hydrogen-bond acceptors (Lipinski definition) is 3. The second-order valence-corrected chi connectivity index (χ2v) is 7.37. The van der Waals surface area contributed by atoms with Gasteiger partial charge in [-0.1, -0.05) is 6.07 Å². The highest BCUT2D eigenvalue weighted by molar-refractivity contribution is 7.92. The molecule has 6 heteroatoms. The number of piperidine rings is 1. The SMILES string of the molecule is CN(c1cccc(F)c1)S(=O)(=O)CCC1CCNCC1. The number of rotatable bonds is 5. The van der Waals surface area contributed by atoms with Gasteiger partial charge in [0.05, 0.1) is 11.4 Å². The van der Waals surface area contributed by atoms with Gasteiger partial charge in [0.15, 0.2) is 0 Å². The van der Waals surface area contributed by atoms with Gasteiger partial charge in [0.25, 0.3) is 0 Å². The van der Waals surface area contributed by atoms with Crippen LogP contribution in [0.5, 0.6) is 0 Å². The Balaban J connectivity index is 1.98. The van der Waals surface area contributed by atoms with Crippen LogP contribution in [0, 0.1) is 11.7 Å². The fourth-order valence-corrected chi connectivity index (χ4v) is 3.80. The van der Waals surface area contributed by atoms with Gasteiger partial charge in [-0.15, -0.1) is 0 Å². The summed E-state index contributed by atoms with van der Waals surface area (Å²) in [6.45, 7) is 1.93. The molecule has 4 nitrogen and oxygen atoms in total. The lowest BCUT2D eigenvalue weighted by molar-refractivity contribution is 0.365. The predicted octanol–water partition coefficient (Wildman–Crippen LogP) is 1.98. The second kappa shape index (κ2) is 6.54. The van der Waals surface area contributed by atoms with Crippen LogP contribution in [0.4, 0.5) is 10.1 Å². The molecule has 1 aliphatic rings. The van der Waals surface area contributed by atoms with Crippen LogP contribution in [-0.4, -0.2) is 34.3 Å². The Bertz CT molecular complexity index is 542. The number of anilines is 1. The fraction of sp³-hybridized carbons (Fsp3) is 0.571. The molecular weight excluding hydrogens is 279 g/mol. The molecule has 0 aromatic heterocycles. The quantitative estimate of drug-likeness (QED) is 0.904. The summed E-state index contributed by atoms with van der Waals surface area (Å²) in [6.07, 6.45) is 2.72. The molecule has 1 aliphatic heterocycles. The van der Waals surface area contributed by atoms with Gasteiger partial charge in [-0.2, -0.15) is 0 Å². The summed E-state index contributed by atoms with van der Waals surface area (Å²) in [7, 11) is -1.90. The van der Waals surface area contributed by atoms with Crippen LogP contribution in [0.15, 0.2) is 24.3 Å². The molecule has 0 radical (unpaired) electrons. The summed E-state index contributed by atoms with van der Waals surface area (Å²) < 4.78 is 38.9. The van der Waals surface area contributed by atoms with Gasteiger partial charge in [0, 0.05) is 7.05 Å². The van der Waals surface area contributed by atoms with E-state index in [-0.39, 0.29) is 5.75 Å². The predicted molar refractivity (Wildman–Crippen MR) is 78.8 cm³/mol. The van der Waals surface area contributed by atoms with Crippen LogP contribution in [0.1, 0.15) is 19.3 Å². The third kappa shape index (κ3) is 3.93. The summed E-state index contributed by atoms with van der Waals surface area (Å²) in [5.74, 6) is 0.153. The largest absolute Gasteiger partial charge is 0.317 e. The molecule has 1 N–H and O–H groups in total. The van der Waals surface area contributed by atoms with Crippen LogP contribution >= 0.6 is 0 Å². The number of sulfonamides is 1. The molecule has 2 rings (SSSR count). The molecule has 0 bridgehead atoms. The maximum atomic E-state index is 13.2. The molecule has 1 fully saturated rings. The van der Waals surface area contributed by atoms with Crippen molar-refractivity contribution in [3.63, 3.8) is 0 Å². The maximum absolute atomic E-state index is 13.2. The van der Waals surface area contributed by atoms with Gasteiger partial charge in [0.1, 0.15) is 5.82 Å². The van der Waals surface area contributed by atoms with Crippen molar-refractivity contribution in [2.45, 2.75) is 19.3 Å². The van der Waals surface area contributed by atoms with Gasteiger partial charge in [-0.05, 0) is 56.5 Å². The molecular formula is C14H21FN2O2S. The van der Waals surface area contributed by atoms with Crippen molar-refractivity contribution in [1.29, 1.82) is 0 Å². The summed E-state index contributed by atoms with van der Waals surface area (Å²) in [5.41, 5.74) is 0.371. The lowest BCUT2D eigenvalue weighted by atomic mass is 9.96. The topological polar surface area (TPSA) is 49.4 Å². The average molecular weight is 300 g/mol. The van der Waals surface area contributed by atoms with E-state index in [0.717, 1.165) is 25.9 Å². The summed E-state index contributed by atoms with van der Waals surface area (Å²) in [5, 5.41) is 3.27. The van der Waals surface area contributed by atoms with E-state index < -0.39 is 15.8 Å². The molecule has 0 spiro atoms. The standard InChI is InChI=1S/C14H21FN2O2S/c1-17(14-4-2-3-13(15)11-14)20(18,19)10-7-12-5-8-16-9-6-12/h2-4,11-12,16H,5-10H2,1H3. The lowest BCUT2D eigenvalue weighted by Crippen LogP contribution is -2.32. The Kier molecular flexibility index (Phi) is 4.99. The van der Waals surface area contributed by atoms with Gasteiger partial charge in [-0.25, -0.2) is 12.8 Å². The molecule has 1 heterocycles. The van der Waals surface area contributed by atoms with Crippen molar-refractivity contribution in [3.05, 3.63) is 30.1 Å². The zero-order valence-corrected chi connectivity index (χ0v) is 12.5. The molecule has 1 saturated heterocycles. The van der Waals surface area contributed by atoms with Crippen molar-refractivity contribution in [3.8, 4) is 0 Å². The highest BCUT2D eigenvalue weighted by Gasteiger charge is 2.22. The van der Waals surface area contributed by atoms with Crippen LogP contribution < -0.4 is 9.62 Å². The number of hydrogen-bond donors (Lipinski definition) is 1. The Labute approximate surface area is 120 Å². The Morgan fingerprint density at radius 2 is 2.05 bits per heavy atom. The van der Waals surface area contributed by atoms with E-state index in [1.807, 2.05) is 0 Å². The zero-order valence-electron chi connectivity index (χ0n) is 11.7. The monoisotopic (exact) mass is 300 g/mol. The number of halogens is 1. The highest BCUT2D eigenvalue weighted by atomic mass is 32.2. The smallest absolute Gasteiger partial charge is 0.234 e. The Hall–Kier alpha value is -1.14. The summed E-state index contributed by atoms with van der Waals surface area (Å²) >= 11 is 0. The van der Waals surface area contributed by atoms with Gasteiger partial charge in [0.2, 0.25) is 10.0 Å². The molecule has 0 saturated carbocycles. The van der Waals surface area contributed by atoms with Crippen LogP contribution in [0.3, 0.4) is 0 Å². The first-order chi connectivity index (χ1) is 9.49. The fourth-order valence-electron chi connectivity index (χ4n) is 2.46. The molecule has 1 aromatic carbocycles. The van der Waals surface area contributed by atoms with Gasteiger partial charge in [-0.3, -0.25) is 4.31 Å². The van der Waals surface area contributed by atoms with Crippen molar-refractivity contribution < 1.29 is 12.8 Å². The van der Waals surface area contributed by atoms with Crippen LogP contribution in [0.25, 0.3) is 0 Å². The molecule has 0 unspecified atom stereocenters. The molecule has 1 aromatic rings. The molecule has 20 heavy (non-hydrogen) atoms. The van der Waals surface area contributed by atoms with Crippen LogP contribution in [0.2, 0.25) is 0 Å². The van der Waals surface area contributed by atoms with Crippen molar-refractivity contribution in [2.75, 3.05) is 30.2 Å². The minimum absolute atomic E-state index is 0.116.